The number of benzene rings is 1. The number of hydrogen-bond acceptors (Lipinski definition) is 8. The van der Waals surface area contributed by atoms with E-state index in [1.165, 1.54) is 12.1 Å². The van der Waals surface area contributed by atoms with E-state index < -0.39 is 37.3 Å². The summed E-state index contributed by atoms with van der Waals surface area (Å²) in [5, 5.41) is 57.5. The van der Waals surface area contributed by atoms with Crippen molar-refractivity contribution in [3.05, 3.63) is 23.8 Å². The first-order chi connectivity index (χ1) is 11.3. The summed E-state index contributed by atoms with van der Waals surface area (Å²) < 4.78 is 10.8. The van der Waals surface area contributed by atoms with Crippen LogP contribution in [0.3, 0.4) is 0 Å². The first-order valence-corrected chi connectivity index (χ1v) is 7.80. The standard InChI is InChI=1S/C16H24O8/c1-8(2-3-9-4-5-10(18)6-11(9)19)23-16-15(22)14(21)13(20)12(7-17)24-16/h4-6,8,12-22H,2-3,7H2,1H3/t8-,12+,13+,14-,15+,16+/m0/s1. The van der Waals surface area contributed by atoms with Gasteiger partial charge in [-0.2, -0.15) is 0 Å². The number of aromatic hydroxyl groups is 2. The number of phenols is 2. The summed E-state index contributed by atoms with van der Waals surface area (Å²) in [6, 6.07) is 4.32. The highest BCUT2D eigenvalue weighted by molar-refractivity contribution is 5.38. The quantitative estimate of drug-likeness (QED) is 0.396. The van der Waals surface area contributed by atoms with Gasteiger partial charge in [-0.3, -0.25) is 0 Å². The number of aryl methyl sites for hydroxylation is 1. The van der Waals surface area contributed by atoms with Gasteiger partial charge in [-0.05, 0) is 31.4 Å². The first-order valence-electron chi connectivity index (χ1n) is 7.80. The van der Waals surface area contributed by atoms with Crippen LogP contribution in [0.4, 0.5) is 0 Å². The molecule has 1 aromatic carbocycles. The van der Waals surface area contributed by atoms with Gasteiger partial charge < -0.3 is 40.1 Å². The number of ether oxygens (including phenoxy) is 2. The third kappa shape index (κ3) is 4.35. The molecule has 1 aliphatic heterocycles. The Labute approximate surface area is 139 Å². The van der Waals surface area contributed by atoms with E-state index >= 15 is 0 Å². The predicted octanol–water partition coefficient (Wildman–Crippen LogP) is -0.765. The molecule has 1 aromatic rings. The fraction of sp³-hybridized carbons (Fsp3) is 0.625. The van der Waals surface area contributed by atoms with Crippen molar-refractivity contribution in [1.29, 1.82) is 0 Å². The Kier molecular flexibility index (Phi) is 6.39. The summed E-state index contributed by atoms with van der Waals surface area (Å²) in [6.45, 7) is 1.22. The average molecular weight is 344 g/mol. The van der Waals surface area contributed by atoms with Crippen LogP contribution in [0, 0.1) is 0 Å². The molecule has 6 N–H and O–H groups in total. The molecule has 1 heterocycles. The van der Waals surface area contributed by atoms with Crippen LogP contribution in [0.15, 0.2) is 18.2 Å². The minimum Gasteiger partial charge on any atom is -0.508 e. The van der Waals surface area contributed by atoms with Crippen LogP contribution in [0.5, 0.6) is 11.5 Å². The lowest BCUT2D eigenvalue weighted by atomic mass is 9.99. The second-order valence-corrected chi connectivity index (χ2v) is 6.00. The molecule has 24 heavy (non-hydrogen) atoms. The van der Waals surface area contributed by atoms with E-state index in [4.69, 9.17) is 14.6 Å². The first kappa shape index (κ1) is 18.9. The highest BCUT2D eigenvalue weighted by atomic mass is 16.7. The molecule has 0 aliphatic carbocycles. The summed E-state index contributed by atoms with van der Waals surface area (Å²) in [4.78, 5) is 0. The Bertz CT molecular complexity index is 535. The van der Waals surface area contributed by atoms with Crippen molar-refractivity contribution in [3.8, 4) is 11.5 Å². The second kappa shape index (κ2) is 8.11. The fourth-order valence-electron chi connectivity index (χ4n) is 2.60. The fourth-order valence-corrected chi connectivity index (χ4v) is 2.60. The third-order valence-electron chi connectivity index (χ3n) is 4.10. The molecular formula is C16H24O8. The van der Waals surface area contributed by atoms with Gasteiger partial charge in [0.05, 0.1) is 12.7 Å². The smallest absolute Gasteiger partial charge is 0.186 e. The van der Waals surface area contributed by atoms with Crippen LogP contribution in [0.2, 0.25) is 0 Å². The van der Waals surface area contributed by atoms with Gasteiger partial charge in [0.2, 0.25) is 0 Å². The minimum atomic E-state index is -1.48. The van der Waals surface area contributed by atoms with E-state index in [0.717, 1.165) is 0 Å². The Morgan fingerprint density at radius 2 is 1.83 bits per heavy atom. The number of rotatable bonds is 6. The lowest BCUT2D eigenvalue weighted by molar-refractivity contribution is -0.310. The number of aliphatic hydroxyl groups excluding tert-OH is 4. The van der Waals surface area contributed by atoms with Crippen molar-refractivity contribution in [2.45, 2.75) is 56.6 Å². The highest BCUT2D eigenvalue weighted by Crippen LogP contribution is 2.26. The van der Waals surface area contributed by atoms with Crippen molar-refractivity contribution in [2.24, 2.45) is 0 Å². The lowest BCUT2D eigenvalue weighted by Gasteiger charge is -2.40. The normalized spacial score (nSPS) is 31.8. The number of hydrogen-bond donors (Lipinski definition) is 6. The highest BCUT2D eigenvalue weighted by Gasteiger charge is 2.44. The largest absolute Gasteiger partial charge is 0.508 e. The molecular weight excluding hydrogens is 320 g/mol. The van der Waals surface area contributed by atoms with Crippen molar-refractivity contribution in [2.75, 3.05) is 6.61 Å². The van der Waals surface area contributed by atoms with Gasteiger partial charge in [0, 0.05) is 6.07 Å². The van der Waals surface area contributed by atoms with E-state index in [9.17, 15) is 25.5 Å². The van der Waals surface area contributed by atoms with Crippen molar-refractivity contribution < 1.29 is 40.1 Å². The monoisotopic (exact) mass is 344 g/mol. The minimum absolute atomic E-state index is 0.0185. The van der Waals surface area contributed by atoms with Crippen LogP contribution < -0.4 is 0 Å². The summed E-state index contributed by atoms with van der Waals surface area (Å²) in [7, 11) is 0. The summed E-state index contributed by atoms with van der Waals surface area (Å²) in [6.07, 6.45) is -5.97. The number of aliphatic hydroxyl groups is 4. The molecule has 0 unspecified atom stereocenters. The molecule has 1 fully saturated rings. The van der Waals surface area contributed by atoms with E-state index in [-0.39, 0.29) is 17.6 Å². The predicted molar refractivity (Wildman–Crippen MR) is 82.4 cm³/mol. The van der Waals surface area contributed by atoms with E-state index in [1.54, 1.807) is 13.0 Å². The van der Waals surface area contributed by atoms with E-state index in [2.05, 4.69) is 0 Å². The van der Waals surface area contributed by atoms with Crippen molar-refractivity contribution >= 4 is 0 Å². The maximum atomic E-state index is 9.92. The maximum Gasteiger partial charge on any atom is 0.186 e. The van der Waals surface area contributed by atoms with Gasteiger partial charge in [0.1, 0.15) is 35.9 Å². The number of phenolic OH excluding ortho intramolecular Hbond substituents is 2. The van der Waals surface area contributed by atoms with Crippen molar-refractivity contribution in [3.63, 3.8) is 0 Å². The van der Waals surface area contributed by atoms with Crippen LogP contribution in [-0.4, -0.2) is 74.1 Å². The van der Waals surface area contributed by atoms with E-state index in [1.807, 2.05) is 0 Å². The molecule has 0 bridgehead atoms. The molecule has 8 nitrogen and oxygen atoms in total. The van der Waals surface area contributed by atoms with Crippen LogP contribution >= 0.6 is 0 Å². The van der Waals surface area contributed by atoms with Gasteiger partial charge in [0.15, 0.2) is 6.29 Å². The molecule has 0 saturated carbocycles. The Morgan fingerprint density at radius 1 is 1.12 bits per heavy atom. The third-order valence-corrected chi connectivity index (χ3v) is 4.10. The van der Waals surface area contributed by atoms with Crippen LogP contribution in [0.1, 0.15) is 18.9 Å². The molecule has 136 valence electrons. The topological polar surface area (TPSA) is 140 Å². The van der Waals surface area contributed by atoms with Crippen molar-refractivity contribution in [1.82, 2.24) is 0 Å². The molecule has 8 heteroatoms. The van der Waals surface area contributed by atoms with Gasteiger partial charge >= 0.3 is 0 Å². The molecule has 0 radical (unpaired) electrons. The Balaban J connectivity index is 1.90. The summed E-state index contributed by atoms with van der Waals surface area (Å²) in [5.74, 6) is -0.0445. The zero-order valence-electron chi connectivity index (χ0n) is 13.3. The van der Waals surface area contributed by atoms with Crippen LogP contribution in [0.25, 0.3) is 0 Å². The molecule has 6 atom stereocenters. The average Bonchev–Trinajstić information content (AvgIpc) is 2.54. The molecule has 0 aromatic heterocycles. The van der Waals surface area contributed by atoms with Gasteiger partial charge in [-0.15, -0.1) is 0 Å². The van der Waals surface area contributed by atoms with Gasteiger partial charge in [-0.1, -0.05) is 6.07 Å². The second-order valence-electron chi connectivity index (χ2n) is 6.00. The van der Waals surface area contributed by atoms with Gasteiger partial charge in [-0.25, -0.2) is 0 Å². The molecule has 2 rings (SSSR count). The summed E-state index contributed by atoms with van der Waals surface area (Å²) >= 11 is 0. The summed E-state index contributed by atoms with van der Waals surface area (Å²) in [5.41, 5.74) is 0.636. The maximum absolute atomic E-state index is 9.92. The lowest BCUT2D eigenvalue weighted by Crippen LogP contribution is -2.59. The zero-order chi connectivity index (χ0) is 17.9. The molecule has 0 spiro atoms. The molecule has 1 aliphatic rings. The van der Waals surface area contributed by atoms with Crippen LogP contribution in [-0.2, 0) is 15.9 Å². The molecule has 1 saturated heterocycles. The van der Waals surface area contributed by atoms with Gasteiger partial charge in [0.25, 0.3) is 0 Å². The Hall–Kier alpha value is -1.42. The molecule has 0 amide bonds. The van der Waals surface area contributed by atoms with E-state index in [0.29, 0.717) is 18.4 Å². The Morgan fingerprint density at radius 3 is 2.46 bits per heavy atom. The SMILES string of the molecule is C[C@@H](CCc1ccc(O)cc1O)O[C@@H]1O[C@H](CO)[C@@H](O)[C@H](O)[C@H]1O. The zero-order valence-corrected chi connectivity index (χ0v) is 13.3.